The van der Waals surface area contributed by atoms with Gasteiger partial charge in [-0.2, -0.15) is 0 Å². The van der Waals surface area contributed by atoms with Crippen molar-refractivity contribution in [3.8, 4) is 0 Å². The first-order valence-electron chi connectivity index (χ1n) is 6.73. The zero-order valence-corrected chi connectivity index (χ0v) is 10.5. The molecule has 1 aliphatic carbocycles. The van der Waals surface area contributed by atoms with Crippen LogP contribution in [0.2, 0.25) is 0 Å². The highest BCUT2D eigenvalue weighted by Crippen LogP contribution is 2.29. The molecule has 2 atom stereocenters. The molecule has 0 aromatic rings. The fourth-order valence-electron chi connectivity index (χ4n) is 2.52. The maximum Gasteiger partial charge on any atom is 0.303 e. The van der Waals surface area contributed by atoms with Gasteiger partial charge in [-0.3, -0.25) is 4.79 Å². The van der Waals surface area contributed by atoms with E-state index in [1.54, 1.807) is 0 Å². The van der Waals surface area contributed by atoms with Crippen LogP contribution in [0.5, 0.6) is 0 Å². The molecule has 3 nitrogen and oxygen atoms in total. The van der Waals surface area contributed by atoms with Gasteiger partial charge in [0.15, 0.2) is 0 Å². The molecule has 0 radical (unpaired) electrons. The molecule has 0 bridgehead atoms. The number of aliphatic hydroxyl groups excluding tert-OH is 1. The highest BCUT2D eigenvalue weighted by Gasteiger charge is 2.20. The summed E-state index contributed by atoms with van der Waals surface area (Å²) in [5, 5.41) is 17.6. The van der Waals surface area contributed by atoms with E-state index in [1.807, 2.05) is 0 Å². The van der Waals surface area contributed by atoms with Gasteiger partial charge < -0.3 is 10.2 Å². The highest BCUT2D eigenvalue weighted by molar-refractivity contribution is 5.66. The predicted octanol–water partition coefficient (Wildman–Crippen LogP) is 2.99. The molecule has 1 rings (SSSR count). The number of hydrogen-bond acceptors (Lipinski definition) is 2. The molecule has 17 heavy (non-hydrogen) atoms. The zero-order valence-electron chi connectivity index (χ0n) is 10.5. The monoisotopic (exact) mass is 240 g/mol. The summed E-state index contributed by atoms with van der Waals surface area (Å²) in [5.74, 6) is 0.328. The van der Waals surface area contributed by atoms with E-state index in [1.165, 1.54) is 19.3 Å². The van der Waals surface area contributed by atoms with Gasteiger partial charge in [-0.1, -0.05) is 37.8 Å². The molecule has 2 unspecified atom stereocenters. The van der Waals surface area contributed by atoms with Crippen LogP contribution in [0, 0.1) is 11.8 Å². The van der Waals surface area contributed by atoms with Gasteiger partial charge in [-0.05, 0) is 25.2 Å². The summed E-state index contributed by atoms with van der Waals surface area (Å²) in [6.45, 7) is 0.278. The van der Waals surface area contributed by atoms with Gasteiger partial charge in [0.1, 0.15) is 0 Å². The first kappa shape index (κ1) is 14.2. The van der Waals surface area contributed by atoms with E-state index in [2.05, 4.69) is 12.2 Å². The lowest BCUT2D eigenvalue weighted by molar-refractivity contribution is -0.137. The summed E-state index contributed by atoms with van der Waals surface area (Å²) in [7, 11) is 0. The standard InChI is InChI=1S/C14H24O3/c15-11-13-9-6-8-12(13)7-4-2-1-3-5-10-14(16)17/h6,9,12-13,15H,1-5,7-8,10-11H2,(H,16,17). The van der Waals surface area contributed by atoms with Crippen LogP contribution in [0.25, 0.3) is 0 Å². The summed E-state index contributed by atoms with van der Waals surface area (Å²) in [6, 6.07) is 0. The van der Waals surface area contributed by atoms with Crippen LogP contribution >= 0.6 is 0 Å². The molecule has 0 amide bonds. The van der Waals surface area contributed by atoms with E-state index in [0.717, 1.165) is 25.7 Å². The first-order valence-corrected chi connectivity index (χ1v) is 6.73. The average molecular weight is 240 g/mol. The third-order valence-electron chi connectivity index (χ3n) is 3.60. The van der Waals surface area contributed by atoms with E-state index in [0.29, 0.717) is 18.3 Å². The Balaban J connectivity index is 1.92. The summed E-state index contributed by atoms with van der Waals surface area (Å²) in [4.78, 5) is 10.3. The number of aliphatic carboxylic acids is 1. The van der Waals surface area contributed by atoms with Crippen LogP contribution in [0.3, 0.4) is 0 Å². The van der Waals surface area contributed by atoms with Crippen molar-refractivity contribution in [3.63, 3.8) is 0 Å². The Bertz CT molecular complexity index is 248. The van der Waals surface area contributed by atoms with Crippen molar-refractivity contribution in [1.82, 2.24) is 0 Å². The number of carbonyl (C=O) groups is 1. The van der Waals surface area contributed by atoms with Crippen molar-refractivity contribution in [2.24, 2.45) is 11.8 Å². The van der Waals surface area contributed by atoms with Crippen LogP contribution < -0.4 is 0 Å². The van der Waals surface area contributed by atoms with Crippen LogP contribution in [0.4, 0.5) is 0 Å². The largest absolute Gasteiger partial charge is 0.481 e. The van der Waals surface area contributed by atoms with Crippen molar-refractivity contribution >= 4 is 5.97 Å². The second kappa shape index (κ2) is 8.29. The van der Waals surface area contributed by atoms with Crippen LogP contribution in [0.1, 0.15) is 51.4 Å². The van der Waals surface area contributed by atoms with Gasteiger partial charge in [0.25, 0.3) is 0 Å². The van der Waals surface area contributed by atoms with E-state index in [9.17, 15) is 4.79 Å². The summed E-state index contributed by atoms with van der Waals surface area (Å²) >= 11 is 0. The Morgan fingerprint density at radius 3 is 2.59 bits per heavy atom. The van der Waals surface area contributed by atoms with Gasteiger partial charge in [0.2, 0.25) is 0 Å². The molecule has 1 aliphatic rings. The SMILES string of the molecule is O=C(O)CCCCCCCC1CC=CC1CO. The quantitative estimate of drug-likeness (QED) is 0.481. The highest BCUT2D eigenvalue weighted by atomic mass is 16.4. The normalized spacial score (nSPS) is 23.1. The number of carboxylic acid groups (broad SMARTS) is 1. The molecule has 0 heterocycles. The molecule has 3 heteroatoms. The molecule has 0 saturated heterocycles. The van der Waals surface area contributed by atoms with Gasteiger partial charge >= 0.3 is 5.97 Å². The topological polar surface area (TPSA) is 57.5 Å². The van der Waals surface area contributed by atoms with Crippen molar-refractivity contribution in [1.29, 1.82) is 0 Å². The Morgan fingerprint density at radius 2 is 1.88 bits per heavy atom. The predicted molar refractivity (Wildman–Crippen MR) is 67.8 cm³/mol. The lowest BCUT2D eigenvalue weighted by atomic mass is 9.90. The van der Waals surface area contributed by atoms with Crippen LogP contribution in [0.15, 0.2) is 12.2 Å². The molecule has 0 saturated carbocycles. The molecule has 2 N–H and O–H groups in total. The molecule has 0 fully saturated rings. The molecule has 0 aromatic heterocycles. The fraction of sp³-hybridized carbons (Fsp3) is 0.786. The molecule has 98 valence electrons. The number of unbranched alkanes of at least 4 members (excludes halogenated alkanes) is 4. The molecular formula is C14H24O3. The van der Waals surface area contributed by atoms with Gasteiger partial charge in [0.05, 0.1) is 0 Å². The van der Waals surface area contributed by atoms with Crippen LogP contribution in [-0.4, -0.2) is 22.8 Å². The van der Waals surface area contributed by atoms with Crippen molar-refractivity contribution in [2.75, 3.05) is 6.61 Å². The lowest BCUT2D eigenvalue weighted by Gasteiger charge is -2.16. The van der Waals surface area contributed by atoms with Crippen molar-refractivity contribution < 1.29 is 15.0 Å². The van der Waals surface area contributed by atoms with Crippen molar-refractivity contribution in [2.45, 2.75) is 51.4 Å². The third-order valence-corrected chi connectivity index (χ3v) is 3.60. The molecular weight excluding hydrogens is 216 g/mol. The summed E-state index contributed by atoms with van der Waals surface area (Å²) < 4.78 is 0. The second-order valence-corrected chi connectivity index (χ2v) is 4.97. The maximum atomic E-state index is 10.3. The van der Waals surface area contributed by atoms with Crippen LogP contribution in [-0.2, 0) is 4.79 Å². The Labute approximate surface area is 104 Å². The second-order valence-electron chi connectivity index (χ2n) is 4.97. The minimum absolute atomic E-state index is 0.278. The third kappa shape index (κ3) is 5.87. The number of aliphatic hydroxyl groups is 1. The van der Waals surface area contributed by atoms with Gasteiger partial charge in [0, 0.05) is 18.9 Å². The van der Waals surface area contributed by atoms with Gasteiger partial charge in [-0.15, -0.1) is 0 Å². The Hall–Kier alpha value is -0.830. The first-order chi connectivity index (χ1) is 8.24. The van der Waals surface area contributed by atoms with E-state index in [-0.39, 0.29) is 6.61 Å². The minimum atomic E-state index is -0.687. The molecule has 0 aromatic carbocycles. The smallest absolute Gasteiger partial charge is 0.303 e. The number of carboxylic acids is 1. The Morgan fingerprint density at radius 1 is 1.18 bits per heavy atom. The fourth-order valence-corrected chi connectivity index (χ4v) is 2.52. The molecule has 0 aliphatic heterocycles. The zero-order chi connectivity index (χ0) is 12.5. The minimum Gasteiger partial charge on any atom is -0.481 e. The summed E-state index contributed by atoms with van der Waals surface area (Å²) in [6.07, 6.45) is 12.3. The number of hydrogen-bond donors (Lipinski definition) is 2. The summed E-state index contributed by atoms with van der Waals surface area (Å²) in [5.41, 5.74) is 0. The maximum absolute atomic E-state index is 10.3. The number of rotatable bonds is 9. The van der Waals surface area contributed by atoms with Gasteiger partial charge in [-0.25, -0.2) is 0 Å². The van der Waals surface area contributed by atoms with E-state index < -0.39 is 5.97 Å². The molecule has 0 spiro atoms. The van der Waals surface area contributed by atoms with Crippen molar-refractivity contribution in [3.05, 3.63) is 12.2 Å². The van der Waals surface area contributed by atoms with E-state index in [4.69, 9.17) is 10.2 Å². The Kier molecular flexibility index (Phi) is 6.94. The lowest BCUT2D eigenvalue weighted by Crippen LogP contribution is -2.11. The number of allylic oxidation sites excluding steroid dienone is 1. The van der Waals surface area contributed by atoms with E-state index >= 15 is 0 Å². The average Bonchev–Trinajstić information content (AvgIpc) is 2.74.